The summed E-state index contributed by atoms with van der Waals surface area (Å²) in [5.41, 5.74) is 7.26. The van der Waals surface area contributed by atoms with Crippen molar-refractivity contribution < 1.29 is 9.59 Å². The van der Waals surface area contributed by atoms with Crippen molar-refractivity contribution >= 4 is 28.5 Å². The fourth-order valence-corrected chi connectivity index (χ4v) is 4.56. The van der Waals surface area contributed by atoms with Crippen LogP contribution in [0.2, 0.25) is 0 Å². The molecule has 0 aliphatic heterocycles. The lowest BCUT2D eigenvalue weighted by Gasteiger charge is -2.12. The van der Waals surface area contributed by atoms with Crippen LogP contribution >= 0.6 is 11.3 Å². The molecule has 0 saturated carbocycles. The van der Waals surface area contributed by atoms with E-state index in [1.165, 1.54) is 10.4 Å². The second-order valence-corrected chi connectivity index (χ2v) is 9.66. The predicted molar refractivity (Wildman–Crippen MR) is 142 cm³/mol. The second kappa shape index (κ2) is 13.0. The normalized spacial score (nSPS) is 11.5. The molecule has 0 radical (unpaired) electrons. The number of aryl methyl sites for hydroxylation is 1. The molecule has 4 rings (SSSR count). The zero-order valence-corrected chi connectivity index (χ0v) is 21.8. The number of nitrogens with one attached hydrogen (secondary N) is 1. The number of rotatable bonds is 9. The number of ketones is 1. The van der Waals surface area contributed by atoms with Crippen LogP contribution in [0.1, 0.15) is 56.9 Å². The topological polar surface area (TPSA) is 76.4 Å². The number of nitrogens with zero attached hydrogens (tertiary/aromatic N) is 3. The van der Waals surface area contributed by atoms with Crippen molar-refractivity contribution in [3.63, 3.8) is 0 Å². The average molecular weight is 491 g/mol. The Hall–Kier alpha value is -3.32. The maximum atomic E-state index is 12.0. The number of fused-ring (bicyclic) bond motifs is 1. The van der Waals surface area contributed by atoms with Crippen LogP contribution in [0.3, 0.4) is 0 Å². The number of unbranched alkanes of at least 4 members (excludes halogenated alkanes) is 1. The fraction of sp³-hybridized carbons (Fsp3) is 0.357. The standard InChI is InChI=1S/C18H24N2OS.C10H10N2O/c1-4-5-6-13(2)18(21)19-11-15-7-9-16(10-8-15)17-14(3)20-12-22-17;1-8(13)6-9-7-11-12-5-3-2-4-10(9)12/h7-10,12-13H,4-6,11H2,1-3H3,(H,19,21);2-5,7H,6H2,1H3. The van der Waals surface area contributed by atoms with Crippen molar-refractivity contribution in [3.8, 4) is 10.4 Å². The van der Waals surface area contributed by atoms with Crippen molar-refractivity contribution in [1.29, 1.82) is 0 Å². The highest BCUT2D eigenvalue weighted by atomic mass is 32.1. The Bertz CT molecular complexity index is 1240. The molecule has 0 aliphatic carbocycles. The Morgan fingerprint density at radius 2 is 1.91 bits per heavy atom. The van der Waals surface area contributed by atoms with Crippen molar-refractivity contribution in [2.45, 2.75) is 59.9 Å². The van der Waals surface area contributed by atoms with E-state index in [0.29, 0.717) is 13.0 Å². The molecule has 0 bridgehead atoms. The summed E-state index contributed by atoms with van der Waals surface area (Å²) < 4.78 is 1.78. The summed E-state index contributed by atoms with van der Waals surface area (Å²) in [4.78, 5) is 28.4. The highest BCUT2D eigenvalue weighted by Crippen LogP contribution is 2.27. The first-order valence-corrected chi connectivity index (χ1v) is 12.9. The Kier molecular flexibility index (Phi) is 9.73. The third-order valence-corrected chi connectivity index (χ3v) is 6.79. The number of hydrogen-bond acceptors (Lipinski definition) is 5. The molecule has 0 fully saturated rings. The Labute approximate surface area is 211 Å². The smallest absolute Gasteiger partial charge is 0.223 e. The third kappa shape index (κ3) is 7.59. The molecule has 0 saturated heterocycles. The third-order valence-electron chi connectivity index (χ3n) is 5.81. The van der Waals surface area contributed by atoms with E-state index in [4.69, 9.17) is 0 Å². The highest BCUT2D eigenvalue weighted by Gasteiger charge is 2.12. The summed E-state index contributed by atoms with van der Waals surface area (Å²) in [5.74, 6) is 0.411. The number of amides is 1. The van der Waals surface area contributed by atoms with E-state index in [2.05, 4.69) is 46.6 Å². The van der Waals surface area contributed by atoms with Gasteiger partial charge >= 0.3 is 0 Å². The van der Waals surface area contributed by atoms with Gasteiger partial charge in [0, 0.05) is 30.6 Å². The predicted octanol–water partition coefficient (Wildman–Crippen LogP) is 6.03. The minimum absolute atomic E-state index is 0.0964. The lowest BCUT2D eigenvalue weighted by atomic mass is 10.0. The van der Waals surface area contributed by atoms with E-state index in [1.807, 2.05) is 43.8 Å². The molecule has 7 heteroatoms. The van der Waals surface area contributed by atoms with E-state index in [9.17, 15) is 9.59 Å². The van der Waals surface area contributed by atoms with Gasteiger partial charge in [0.15, 0.2) is 0 Å². The summed E-state index contributed by atoms with van der Waals surface area (Å²) in [6.07, 6.45) is 7.29. The first-order valence-electron chi connectivity index (χ1n) is 12.1. The number of thiazole rings is 1. The first-order chi connectivity index (χ1) is 16.9. The molecular formula is C28H34N4O2S. The Morgan fingerprint density at radius 1 is 1.14 bits per heavy atom. The molecule has 3 aromatic heterocycles. The number of carbonyl (C=O) groups is 2. The van der Waals surface area contributed by atoms with Crippen LogP contribution in [-0.4, -0.2) is 26.3 Å². The van der Waals surface area contributed by atoms with Gasteiger partial charge in [0.25, 0.3) is 0 Å². The minimum atomic E-state index is 0.0964. The van der Waals surface area contributed by atoms with E-state index < -0.39 is 0 Å². The quantitative estimate of drug-likeness (QED) is 0.311. The molecule has 1 atom stereocenters. The molecule has 1 unspecified atom stereocenters. The molecule has 3 heterocycles. The van der Waals surface area contributed by atoms with Crippen molar-refractivity contribution in [3.05, 3.63) is 77.2 Å². The van der Waals surface area contributed by atoms with Crippen LogP contribution in [0.4, 0.5) is 0 Å². The van der Waals surface area contributed by atoms with Gasteiger partial charge in [-0.25, -0.2) is 9.50 Å². The molecule has 1 aromatic carbocycles. The summed E-state index contributed by atoms with van der Waals surface area (Å²) in [7, 11) is 0. The van der Waals surface area contributed by atoms with Gasteiger partial charge in [-0.2, -0.15) is 5.10 Å². The number of carbonyl (C=O) groups excluding carboxylic acids is 2. The van der Waals surface area contributed by atoms with E-state index in [0.717, 1.165) is 41.6 Å². The maximum Gasteiger partial charge on any atom is 0.223 e. The number of hydrogen-bond donors (Lipinski definition) is 1. The number of Topliss-reactive ketones (excluding diaryl/α,β-unsaturated/α-hetero) is 1. The number of aromatic nitrogens is 3. The zero-order chi connectivity index (χ0) is 25.2. The number of pyridine rings is 1. The summed E-state index contributed by atoms with van der Waals surface area (Å²) in [6, 6.07) is 14.2. The summed E-state index contributed by atoms with van der Waals surface area (Å²) >= 11 is 1.66. The largest absolute Gasteiger partial charge is 0.352 e. The van der Waals surface area contributed by atoms with E-state index in [-0.39, 0.29) is 17.6 Å². The number of benzene rings is 1. The SMILES string of the molecule is CC(=O)Cc1cnn2ccccc12.CCCCC(C)C(=O)NCc1ccc(-c2scnc2C)cc1. The van der Waals surface area contributed by atoms with Crippen molar-refractivity contribution in [2.24, 2.45) is 5.92 Å². The monoisotopic (exact) mass is 490 g/mol. The van der Waals surface area contributed by atoms with Gasteiger partial charge < -0.3 is 5.32 Å². The molecule has 6 nitrogen and oxygen atoms in total. The average Bonchev–Trinajstić information content (AvgIpc) is 3.47. The van der Waals surface area contributed by atoms with Crippen LogP contribution in [0.5, 0.6) is 0 Å². The Morgan fingerprint density at radius 3 is 2.57 bits per heavy atom. The van der Waals surface area contributed by atoms with Crippen LogP contribution in [-0.2, 0) is 22.6 Å². The molecule has 1 amide bonds. The van der Waals surface area contributed by atoms with Gasteiger partial charge in [-0.1, -0.05) is 57.0 Å². The van der Waals surface area contributed by atoms with E-state index >= 15 is 0 Å². The highest BCUT2D eigenvalue weighted by molar-refractivity contribution is 7.13. The second-order valence-electron chi connectivity index (χ2n) is 8.80. The van der Waals surface area contributed by atoms with Gasteiger partial charge in [-0.3, -0.25) is 9.59 Å². The van der Waals surface area contributed by atoms with Crippen molar-refractivity contribution in [1.82, 2.24) is 19.9 Å². The maximum absolute atomic E-state index is 12.0. The van der Waals surface area contributed by atoms with Crippen LogP contribution < -0.4 is 5.32 Å². The van der Waals surface area contributed by atoms with Crippen LogP contribution in [0.15, 0.2) is 60.4 Å². The zero-order valence-electron chi connectivity index (χ0n) is 21.0. The summed E-state index contributed by atoms with van der Waals surface area (Å²) in [5, 5.41) is 7.16. The van der Waals surface area contributed by atoms with Crippen LogP contribution in [0.25, 0.3) is 16.0 Å². The molecule has 0 aliphatic rings. The van der Waals surface area contributed by atoms with Crippen LogP contribution in [0, 0.1) is 12.8 Å². The molecular weight excluding hydrogens is 456 g/mol. The van der Waals surface area contributed by atoms with Gasteiger partial charge in [0.2, 0.25) is 5.91 Å². The van der Waals surface area contributed by atoms with Gasteiger partial charge in [-0.15, -0.1) is 11.3 Å². The van der Waals surface area contributed by atoms with Crippen molar-refractivity contribution in [2.75, 3.05) is 0 Å². The van der Waals surface area contributed by atoms with Gasteiger partial charge in [-0.05, 0) is 43.5 Å². The molecule has 0 spiro atoms. The van der Waals surface area contributed by atoms with Gasteiger partial charge in [0.1, 0.15) is 5.78 Å². The van der Waals surface area contributed by atoms with Gasteiger partial charge in [0.05, 0.1) is 27.8 Å². The molecule has 35 heavy (non-hydrogen) atoms. The minimum Gasteiger partial charge on any atom is -0.352 e. The summed E-state index contributed by atoms with van der Waals surface area (Å²) in [6.45, 7) is 8.36. The first kappa shape index (κ1) is 26.3. The van der Waals surface area contributed by atoms with E-state index in [1.54, 1.807) is 29.0 Å². The fourth-order valence-electron chi connectivity index (χ4n) is 3.75. The molecule has 184 valence electrons. The lowest BCUT2D eigenvalue weighted by Crippen LogP contribution is -2.28. The lowest BCUT2D eigenvalue weighted by molar-refractivity contribution is -0.124. The Balaban J connectivity index is 0.000000223. The molecule has 1 N–H and O–H groups in total. The molecule has 4 aromatic rings.